The molecular weight excluding hydrogens is 417 g/mol. The monoisotopic (exact) mass is 443 g/mol. The molecule has 0 aromatic carbocycles. The van der Waals surface area contributed by atoms with Crippen molar-refractivity contribution in [2.75, 3.05) is 27.2 Å². The lowest BCUT2D eigenvalue weighted by molar-refractivity contribution is -0.123. The summed E-state index contributed by atoms with van der Waals surface area (Å²) < 4.78 is 7.04. The molecule has 1 aromatic heterocycles. The molecule has 0 atom stereocenters. The van der Waals surface area contributed by atoms with E-state index in [4.69, 9.17) is 4.74 Å². The van der Waals surface area contributed by atoms with Gasteiger partial charge in [0.2, 0.25) is 11.8 Å². The van der Waals surface area contributed by atoms with Gasteiger partial charge in [-0.3, -0.25) is 4.79 Å². The van der Waals surface area contributed by atoms with E-state index in [0.29, 0.717) is 19.0 Å². The molecule has 1 saturated carbocycles. The average Bonchev–Trinajstić information content (AvgIpc) is 2.59. The Labute approximate surface area is 158 Å². The smallest absolute Gasteiger partial charge is 0.245 e. The summed E-state index contributed by atoms with van der Waals surface area (Å²) in [6.45, 7) is 1.28. The van der Waals surface area contributed by atoms with Gasteiger partial charge >= 0.3 is 0 Å². The van der Waals surface area contributed by atoms with Crippen LogP contribution >= 0.6 is 22.6 Å². The fraction of sp³-hybridized carbons (Fsp3) is 0.556. The first kappa shape index (κ1) is 19.2. The SMILES string of the molecule is CN(C)C(=O)/C=C/CNC1(COc2ccc(I)cn2)CCCCC1. The predicted molar refractivity (Wildman–Crippen MR) is 104 cm³/mol. The molecule has 24 heavy (non-hydrogen) atoms. The summed E-state index contributed by atoms with van der Waals surface area (Å²) in [4.78, 5) is 17.5. The van der Waals surface area contributed by atoms with Gasteiger partial charge < -0.3 is 15.0 Å². The molecule has 1 aliphatic rings. The van der Waals surface area contributed by atoms with E-state index in [1.807, 2.05) is 24.4 Å². The summed E-state index contributed by atoms with van der Waals surface area (Å²) in [5, 5.41) is 3.60. The van der Waals surface area contributed by atoms with Gasteiger partial charge in [-0.05, 0) is 41.5 Å². The lowest BCUT2D eigenvalue weighted by Gasteiger charge is -2.37. The van der Waals surface area contributed by atoms with Crippen LogP contribution in [-0.2, 0) is 4.79 Å². The Balaban J connectivity index is 1.90. The number of nitrogens with zero attached hydrogens (tertiary/aromatic N) is 2. The van der Waals surface area contributed by atoms with Gasteiger partial charge in [0.05, 0.1) is 5.54 Å². The van der Waals surface area contributed by atoms with E-state index < -0.39 is 0 Å². The van der Waals surface area contributed by atoms with E-state index in [0.717, 1.165) is 16.4 Å². The molecule has 2 rings (SSSR count). The number of ether oxygens (including phenoxy) is 1. The number of carbonyl (C=O) groups is 1. The molecule has 5 nitrogen and oxygen atoms in total. The molecule has 0 bridgehead atoms. The first-order chi connectivity index (χ1) is 11.5. The maximum atomic E-state index is 11.6. The van der Waals surface area contributed by atoms with Crippen molar-refractivity contribution in [3.05, 3.63) is 34.1 Å². The Hall–Kier alpha value is -1.15. The van der Waals surface area contributed by atoms with Crippen molar-refractivity contribution in [1.82, 2.24) is 15.2 Å². The van der Waals surface area contributed by atoms with Gasteiger partial charge in [0.15, 0.2) is 0 Å². The number of rotatable bonds is 7. The van der Waals surface area contributed by atoms with E-state index in [1.54, 1.807) is 25.1 Å². The molecule has 1 aliphatic carbocycles. The van der Waals surface area contributed by atoms with Gasteiger partial charge in [-0.15, -0.1) is 0 Å². The molecule has 1 amide bonds. The normalized spacial score (nSPS) is 17.0. The molecule has 1 heterocycles. The number of carbonyl (C=O) groups excluding carboxylic acids is 1. The molecule has 1 aromatic rings. The van der Waals surface area contributed by atoms with Crippen molar-refractivity contribution < 1.29 is 9.53 Å². The molecule has 1 N–H and O–H groups in total. The lowest BCUT2D eigenvalue weighted by Crippen LogP contribution is -2.51. The van der Waals surface area contributed by atoms with Crippen LogP contribution in [-0.4, -0.2) is 48.6 Å². The van der Waals surface area contributed by atoms with E-state index in [9.17, 15) is 4.79 Å². The standard InChI is InChI=1S/C18H26IN3O2/c1-22(2)17(23)7-6-12-21-18(10-4-3-5-11-18)14-24-16-9-8-15(19)13-20-16/h6-9,13,21H,3-5,10-12,14H2,1-2H3/b7-6+. The van der Waals surface area contributed by atoms with E-state index in [2.05, 4.69) is 32.9 Å². The second kappa shape index (κ2) is 9.36. The highest BCUT2D eigenvalue weighted by atomic mass is 127. The highest BCUT2D eigenvalue weighted by Crippen LogP contribution is 2.29. The van der Waals surface area contributed by atoms with Crippen LogP contribution in [0.2, 0.25) is 0 Å². The van der Waals surface area contributed by atoms with Crippen molar-refractivity contribution in [2.24, 2.45) is 0 Å². The third-order valence-corrected chi connectivity index (χ3v) is 4.94. The van der Waals surface area contributed by atoms with Crippen molar-refractivity contribution in [3.8, 4) is 5.88 Å². The van der Waals surface area contributed by atoms with Crippen molar-refractivity contribution in [2.45, 2.75) is 37.6 Å². The average molecular weight is 443 g/mol. The minimum Gasteiger partial charge on any atom is -0.476 e. The molecule has 0 spiro atoms. The number of nitrogens with one attached hydrogen (secondary N) is 1. The quantitative estimate of drug-likeness (QED) is 0.520. The maximum absolute atomic E-state index is 11.6. The van der Waals surface area contributed by atoms with Crippen LogP contribution in [0.3, 0.4) is 0 Å². The van der Waals surface area contributed by atoms with Crippen LogP contribution in [0, 0.1) is 3.57 Å². The number of halogens is 1. The molecule has 0 unspecified atom stereocenters. The van der Waals surface area contributed by atoms with Crippen LogP contribution in [0.1, 0.15) is 32.1 Å². The predicted octanol–water partition coefficient (Wildman–Crippen LogP) is 3.00. The zero-order valence-corrected chi connectivity index (χ0v) is 16.6. The van der Waals surface area contributed by atoms with Crippen LogP contribution in [0.5, 0.6) is 5.88 Å². The van der Waals surface area contributed by atoms with Gasteiger partial charge in [0.1, 0.15) is 6.61 Å². The third kappa shape index (κ3) is 6.05. The highest BCUT2D eigenvalue weighted by Gasteiger charge is 2.32. The summed E-state index contributed by atoms with van der Waals surface area (Å²) >= 11 is 2.23. The van der Waals surface area contributed by atoms with E-state index in [1.165, 1.54) is 19.3 Å². The van der Waals surface area contributed by atoms with E-state index >= 15 is 0 Å². The Kier molecular flexibility index (Phi) is 7.48. The largest absolute Gasteiger partial charge is 0.476 e. The fourth-order valence-electron chi connectivity index (χ4n) is 2.84. The molecule has 0 aliphatic heterocycles. The molecule has 0 radical (unpaired) electrons. The molecule has 132 valence electrons. The van der Waals surface area contributed by atoms with Gasteiger partial charge in [0, 0.05) is 42.5 Å². The first-order valence-electron chi connectivity index (χ1n) is 8.38. The minimum atomic E-state index is -0.0333. The first-order valence-corrected chi connectivity index (χ1v) is 9.46. The summed E-state index contributed by atoms with van der Waals surface area (Å²) in [6, 6.07) is 3.91. The van der Waals surface area contributed by atoms with Gasteiger partial charge in [-0.25, -0.2) is 4.98 Å². The summed E-state index contributed by atoms with van der Waals surface area (Å²) in [6.07, 6.45) is 11.2. The lowest BCUT2D eigenvalue weighted by atomic mass is 9.82. The van der Waals surface area contributed by atoms with Gasteiger partial charge in [-0.1, -0.05) is 25.3 Å². The molecular formula is C18H26IN3O2. The minimum absolute atomic E-state index is 0.00818. The van der Waals surface area contributed by atoms with Crippen molar-refractivity contribution >= 4 is 28.5 Å². The Bertz CT molecular complexity index is 552. The second-order valence-corrected chi connectivity index (χ2v) is 7.71. The summed E-state index contributed by atoms with van der Waals surface area (Å²) in [7, 11) is 3.51. The number of likely N-dealkylation sites (N-methyl/N-ethyl adjacent to an activating group) is 1. The van der Waals surface area contributed by atoms with Crippen LogP contribution in [0.25, 0.3) is 0 Å². The summed E-state index contributed by atoms with van der Waals surface area (Å²) in [5.41, 5.74) is -0.0333. The zero-order valence-electron chi connectivity index (χ0n) is 14.4. The third-order valence-electron chi connectivity index (χ3n) is 4.30. The molecule has 0 saturated heterocycles. The molecule has 6 heteroatoms. The van der Waals surface area contributed by atoms with Crippen LogP contribution in [0.4, 0.5) is 0 Å². The maximum Gasteiger partial charge on any atom is 0.245 e. The van der Waals surface area contributed by atoms with Gasteiger partial charge in [-0.2, -0.15) is 0 Å². The van der Waals surface area contributed by atoms with Crippen LogP contribution in [0.15, 0.2) is 30.5 Å². The van der Waals surface area contributed by atoms with Gasteiger partial charge in [0.25, 0.3) is 0 Å². The fourth-order valence-corrected chi connectivity index (χ4v) is 3.16. The zero-order chi connectivity index (χ0) is 17.4. The summed E-state index contributed by atoms with van der Waals surface area (Å²) in [5.74, 6) is 0.675. The molecule has 1 fully saturated rings. The second-order valence-electron chi connectivity index (χ2n) is 6.46. The Morgan fingerprint density at radius 3 is 2.75 bits per heavy atom. The van der Waals surface area contributed by atoms with Crippen LogP contribution < -0.4 is 10.1 Å². The highest BCUT2D eigenvalue weighted by molar-refractivity contribution is 14.1. The van der Waals surface area contributed by atoms with E-state index in [-0.39, 0.29) is 11.4 Å². The number of pyridine rings is 1. The number of amides is 1. The Morgan fingerprint density at radius 2 is 2.12 bits per heavy atom. The number of hydrogen-bond acceptors (Lipinski definition) is 4. The number of hydrogen-bond donors (Lipinski definition) is 1. The van der Waals surface area contributed by atoms with Crippen molar-refractivity contribution in [3.63, 3.8) is 0 Å². The topological polar surface area (TPSA) is 54.5 Å². The van der Waals surface area contributed by atoms with Crippen molar-refractivity contribution in [1.29, 1.82) is 0 Å². The Morgan fingerprint density at radius 1 is 1.38 bits per heavy atom. The number of aromatic nitrogens is 1.